The lowest BCUT2D eigenvalue weighted by molar-refractivity contribution is -0.290. The van der Waals surface area contributed by atoms with Crippen molar-refractivity contribution in [2.24, 2.45) is 0 Å². The van der Waals surface area contributed by atoms with Gasteiger partial charge in [-0.2, -0.15) is 35.1 Å². The number of anilines is 1. The minimum atomic E-state index is -5.93. The third-order valence-corrected chi connectivity index (χ3v) is 5.34. The van der Waals surface area contributed by atoms with Crippen LogP contribution in [0.15, 0.2) is 23.1 Å². The second kappa shape index (κ2) is 9.32. The third kappa shape index (κ3) is 6.69. The molecule has 6 nitrogen and oxygen atoms in total. The molecule has 0 aliphatic carbocycles. The number of nitrogens with zero attached hydrogens (tertiary/aromatic N) is 2. The van der Waals surface area contributed by atoms with Crippen molar-refractivity contribution in [2.75, 3.05) is 17.7 Å². The largest absolute Gasteiger partial charge is 0.611 e. The molecule has 16 heteroatoms. The van der Waals surface area contributed by atoms with Gasteiger partial charge in [-0.3, -0.25) is 4.79 Å². The van der Waals surface area contributed by atoms with E-state index in [1.165, 1.54) is 6.92 Å². The van der Waals surface area contributed by atoms with E-state index in [-0.39, 0.29) is 5.56 Å². The van der Waals surface area contributed by atoms with E-state index < -0.39 is 75.8 Å². The Hall–Kier alpha value is -2.62. The molecule has 0 radical (unpaired) electrons. The summed E-state index contributed by atoms with van der Waals surface area (Å²) in [5.41, 5.74) is -0.791. The molecule has 0 saturated heterocycles. The van der Waals surface area contributed by atoms with Gasteiger partial charge in [0.05, 0.1) is 0 Å². The Bertz CT molecular complexity index is 1020. The lowest BCUT2D eigenvalue weighted by Crippen LogP contribution is -2.41. The van der Waals surface area contributed by atoms with Crippen molar-refractivity contribution in [3.8, 4) is 11.6 Å². The van der Waals surface area contributed by atoms with E-state index >= 15 is 0 Å². The number of benzene rings is 1. The summed E-state index contributed by atoms with van der Waals surface area (Å²) >= 11 is -2.67. The lowest BCUT2D eigenvalue weighted by atomic mass is 10.2. The van der Waals surface area contributed by atoms with Gasteiger partial charge in [-0.05, 0) is 24.2 Å². The van der Waals surface area contributed by atoms with Crippen molar-refractivity contribution >= 4 is 22.9 Å². The molecule has 0 saturated carbocycles. The number of aromatic nitrogens is 2. The normalized spacial score (nSPS) is 13.7. The summed E-state index contributed by atoms with van der Waals surface area (Å²) in [5.74, 6) is -10.3. The van der Waals surface area contributed by atoms with Crippen molar-refractivity contribution in [1.82, 2.24) is 9.78 Å². The first kappa shape index (κ1) is 26.6. The molecule has 1 aromatic carbocycles. The Labute approximate surface area is 182 Å². The van der Waals surface area contributed by atoms with Gasteiger partial charge in [-0.1, -0.05) is 0 Å². The van der Waals surface area contributed by atoms with E-state index in [1.54, 1.807) is 0 Å². The van der Waals surface area contributed by atoms with Gasteiger partial charge in [0.15, 0.2) is 11.5 Å². The molecule has 0 bridgehead atoms. The molecular weight excluding hydrogens is 497 g/mol. The molecule has 33 heavy (non-hydrogen) atoms. The van der Waals surface area contributed by atoms with E-state index in [9.17, 15) is 48.9 Å². The Morgan fingerprint density at radius 1 is 1.15 bits per heavy atom. The van der Waals surface area contributed by atoms with E-state index in [0.29, 0.717) is 10.7 Å². The maximum absolute atomic E-state index is 14.6. The van der Waals surface area contributed by atoms with Gasteiger partial charge in [0.1, 0.15) is 17.3 Å². The molecule has 1 amide bonds. The second-order valence-corrected chi connectivity index (χ2v) is 8.05. The van der Waals surface area contributed by atoms with Crippen LogP contribution in [0.1, 0.15) is 12.5 Å². The molecule has 1 heterocycles. The van der Waals surface area contributed by atoms with Crippen LogP contribution < -0.4 is 10.1 Å². The number of carbonyl (C=O) groups excluding carboxylic acids is 1. The monoisotopic (exact) mass is 511 g/mol. The van der Waals surface area contributed by atoms with Crippen LogP contribution in [0.25, 0.3) is 5.69 Å². The van der Waals surface area contributed by atoms with Crippen molar-refractivity contribution in [2.45, 2.75) is 37.0 Å². The number of rotatable bonds is 7. The van der Waals surface area contributed by atoms with Gasteiger partial charge < -0.3 is 14.6 Å². The van der Waals surface area contributed by atoms with Crippen molar-refractivity contribution < 1.29 is 53.6 Å². The van der Waals surface area contributed by atoms with Gasteiger partial charge >= 0.3 is 18.3 Å². The minimum absolute atomic E-state index is 0.117. The van der Waals surface area contributed by atoms with Crippen LogP contribution in [0.5, 0.6) is 5.88 Å². The molecule has 0 spiro atoms. The van der Waals surface area contributed by atoms with Crippen LogP contribution in [0, 0.1) is 12.7 Å². The zero-order valence-corrected chi connectivity index (χ0v) is 17.4. The Kier molecular flexibility index (Phi) is 7.52. The smallest absolute Gasteiger partial charge is 0.456 e. The number of carbonyl (C=O) groups is 1. The van der Waals surface area contributed by atoms with Crippen molar-refractivity contribution in [3.05, 3.63) is 29.6 Å². The minimum Gasteiger partial charge on any atom is -0.611 e. The molecule has 1 aromatic heterocycles. The van der Waals surface area contributed by atoms with Gasteiger partial charge in [0.2, 0.25) is 17.5 Å². The van der Waals surface area contributed by atoms with Crippen molar-refractivity contribution in [1.29, 1.82) is 0 Å². The fourth-order valence-corrected chi connectivity index (χ4v) is 3.52. The van der Waals surface area contributed by atoms with Gasteiger partial charge in [0.25, 0.3) is 0 Å². The van der Waals surface area contributed by atoms with Crippen LogP contribution >= 0.6 is 0 Å². The molecule has 2 rings (SSSR count). The van der Waals surface area contributed by atoms with Gasteiger partial charge in [-0.15, -0.1) is 5.10 Å². The summed E-state index contributed by atoms with van der Waals surface area (Å²) in [6.07, 6.45) is -10.7. The molecule has 1 unspecified atom stereocenters. The Morgan fingerprint density at radius 3 is 2.27 bits per heavy atom. The van der Waals surface area contributed by atoms with E-state index in [1.807, 2.05) is 0 Å². The number of nitrogens with one attached hydrogen (secondary N) is 1. The van der Waals surface area contributed by atoms with E-state index in [0.717, 1.165) is 19.1 Å². The van der Waals surface area contributed by atoms with Crippen molar-refractivity contribution in [3.63, 3.8) is 0 Å². The standard InChI is InChI=1S/C17H14F9N3O3S/c1-8-3-10(18)11(4-12(8)33(31)7-16(21,22)23)29-13(27-9(2)30)5-14(28-29)32-6-15(19,20)17(24,25)26/h3-5H,6-7H2,1-2H3,(H,27,30). The Balaban J connectivity index is 2.50. The summed E-state index contributed by atoms with van der Waals surface area (Å²) in [5, 5.41) is 5.60. The topological polar surface area (TPSA) is 79.2 Å². The summed E-state index contributed by atoms with van der Waals surface area (Å²) in [7, 11) is 0. The average Bonchev–Trinajstić information content (AvgIpc) is 2.99. The lowest BCUT2D eigenvalue weighted by Gasteiger charge is -2.18. The fraction of sp³-hybridized carbons (Fsp3) is 0.412. The number of alkyl halides is 8. The highest BCUT2D eigenvalue weighted by molar-refractivity contribution is 7.91. The molecule has 184 valence electrons. The van der Waals surface area contributed by atoms with Crippen LogP contribution in [0.2, 0.25) is 0 Å². The molecule has 0 aliphatic rings. The summed E-state index contributed by atoms with van der Waals surface area (Å²) in [6.45, 7) is -0.0305. The first-order chi connectivity index (χ1) is 14.9. The van der Waals surface area contributed by atoms with Gasteiger partial charge in [0, 0.05) is 24.6 Å². The molecule has 1 N–H and O–H groups in total. The summed E-state index contributed by atoms with van der Waals surface area (Å²) in [4.78, 5) is 11.0. The number of hydrogen-bond acceptors (Lipinski definition) is 4. The molecule has 0 fully saturated rings. The summed E-state index contributed by atoms with van der Waals surface area (Å²) in [6, 6.07) is 2.13. The number of hydrogen-bond donors (Lipinski definition) is 1. The van der Waals surface area contributed by atoms with Crippen LogP contribution in [0.3, 0.4) is 0 Å². The first-order valence-electron chi connectivity index (χ1n) is 8.62. The third-order valence-electron chi connectivity index (χ3n) is 3.82. The predicted octanol–water partition coefficient (Wildman–Crippen LogP) is 4.52. The van der Waals surface area contributed by atoms with E-state index in [4.69, 9.17) is 0 Å². The second-order valence-electron chi connectivity index (χ2n) is 6.63. The molecular formula is C17H14F9N3O3S. The molecule has 0 aliphatic heterocycles. The quantitative estimate of drug-likeness (QED) is 0.438. The zero-order chi connectivity index (χ0) is 25.4. The van der Waals surface area contributed by atoms with Crippen LogP contribution in [-0.2, 0) is 16.0 Å². The van der Waals surface area contributed by atoms with Crippen LogP contribution in [-0.4, -0.2) is 50.9 Å². The molecule has 1 atom stereocenters. The maximum atomic E-state index is 14.6. The highest BCUT2D eigenvalue weighted by Gasteiger charge is 2.58. The number of amides is 1. The average molecular weight is 511 g/mol. The van der Waals surface area contributed by atoms with Gasteiger partial charge in [-0.25, -0.2) is 9.07 Å². The van der Waals surface area contributed by atoms with E-state index in [2.05, 4.69) is 15.2 Å². The number of halogens is 9. The first-order valence-corrected chi connectivity index (χ1v) is 9.94. The maximum Gasteiger partial charge on any atom is 0.456 e. The predicted molar refractivity (Wildman–Crippen MR) is 96.4 cm³/mol. The fourth-order valence-electron chi connectivity index (χ4n) is 2.41. The number of aryl methyl sites for hydroxylation is 1. The molecule has 2 aromatic rings. The highest BCUT2D eigenvalue weighted by atomic mass is 32.2. The number of ether oxygens (including phenoxy) is 1. The Morgan fingerprint density at radius 2 is 1.76 bits per heavy atom. The zero-order valence-electron chi connectivity index (χ0n) is 16.6. The highest BCUT2D eigenvalue weighted by Crippen LogP contribution is 2.36. The SMILES string of the molecule is CC(=O)Nc1cc(OCC(F)(F)C(F)(F)F)nn1-c1cc([S+]([O-])CC(F)(F)F)c(C)cc1F. The van der Waals surface area contributed by atoms with Crippen LogP contribution in [0.4, 0.5) is 45.3 Å². The summed E-state index contributed by atoms with van der Waals surface area (Å²) < 4.78 is 132.